The van der Waals surface area contributed by atoms with Gasteiger partial charge >= 0.3 is 0 Å². The largest absolute Gasteiger partial charge is 0.309 e. The second kappa shape index (κ2) is 9.51. The summed E-state index contributed by atoms with van der Waals surface area (Å²) in [5.74, 6) is 1.04. The summed E-state index contributed by atoms with van der Waals surface area (Å²) < 4.78 is 0. The molecule has 1 saturated carbocycles. The molecular formula is C13H29N. The maximum atomic E-state index is 2.31. The van der Waals surface area contributed by atoms with Crippen LogP contribution in [-0.4, -0.2) is 25.5 Å². The van der Waals surface area contributed by atoms with Crippen LogP contribution in [0, 0.1) is 5.92 Å². The van der Waals surface area contributed by atoms with E-state index in [0.717, 1.165) is 5.92 Å². The van der Waals surface area contributed by atoms with Gasteiger partial charge in [0.05, 0.1) is 0 Å². The van der Waals surface area contributed by atoms with Crippen LogP contribution in [-0.2, 0) is 0 Å². The average Bonchev–Trinajstić information content (AvgIpc) is 2.46. The number of nitrogens with zero attached hydrogens (tertiary/aromatic N) is 1. The zero-order valence-electron chi connectivity index (χ0n) is 10.7. The predicted molar refractivity (Wildman–Crippen MR) is 65.7 cm³/mol. The number of rotatable bonds is 3. The van der Waals surface area contributed by atoms with Gasteiger partial charge < -0.3 is 4.90 Å². The van der Waals surface area contributed by atoms with Gasteiger partial charge in [0.2, 0.25) is 0 Å². The van der Waals surface area contributed by atoms with Crippen LogP contribution in [0.2, 0.25) is 0 Å². The molecule has 0 heterocycles. The zero-order chi connectivity index (χ0) is 10.8. The van der Waals surface area contributed by atoms with Crippen LogP contribution in [0.5, 0.6) is 0 Å². The quantitative estimate of drug-likeness (QED) is 0.622. The summed E-state index contributed by atoms with van der Waals surface area (Å²) in [6.45, 7) is 5.28. The molecule has 0 bridgehead atoms. The van der Waals surface area contributed by atoms with E-state index in [0.29, 0.717) is 0 Å². The van der Waals surface area contributed by atoms with Gasteiger partial charge in [-0.3, -0.25) is 0 Å². The maximum Gasteiger partial charge on any atom is -0.00222 e. The molecule has 0 aromatic rings. The lowest BCUT2D eigenvalue weighted by Gasteiger charge is -2.16. The van der Waals surface area contributed by atoms with Crippen LogP contribution >= 0.6 is 0 Å². The monoisotopic (exact) mass is 199 g/mol. The third-order valence-electron chi connectivity index (χ3n) is 2.96. The van der Waals surface area contributed by atoms with Gasteiger partial charge in [0, 0.05) is 0 Å². The molecular weight excluding hydrogens is 170 g/mol. The molecule has 0 radical (unpaired) electrons. The van der Waals surface area contributed by atoms with Gasteiger partial charge in [-0.2, -0.15) is 0 Å². The van der Waals surface area contributed by atoms with Crippen LogP contribution in [0.4, 0.5) is 0 Å². The van der Waals surface area contributed by atoms with Crippen molar-refractivity contribution in [1.82, 2.24) is 4.90 Å². The molecule has 14 heavy (non-hydrogen) atoms. The van der Waals surface area contributed by atoms with Crippen molar-refractivity contribution >= 4 is 0 Å². The minimum Gasteiger partial charge on any atom is -0.309 e. The topological polar surface area (TPSA) is 3.24 Å². The van der Waals surface area contributed by atoms with Crippen molar-refractivity contribution < 1.29 is 0 Å². The Morgan fingerprint density at radius 1 is 0.929 bits per heavy atom. The lowest BCUT2D eigenvalue weighted by molar-refractivity contribution is 0.330. The smallest absolute Gasteiger partial charge is 0.00222 e. The van der Waals surface area contributed by atoms with Crippen molar-refractivity contribution in [2.75, 3.05) is 20.6 Å². The fourth-order valence-electron chi connectivity index (χ4n) is 2.09. The zero-order valence-corrected chi connectivity index (χ0v) is 10.7. The van der Waals surface area contributed by atoms with E-state index in [4.69, 9.17) is 0 Å². The molecule has 1 fully saturated rings. The first kappa shape index (κ1) is 14.0. The highest BCUT2D eigenvalue weighted by atomic mass is 15.0. The molecule has 0 N–H and O–H groups in total. The molecule has 1 rings (SSSR count). The highest BCUT2D eigenvalue weighted by molar-refractivity contribution is 4.65. The van der Waals surface area contributed by atoms with Crippen molar-refractivity contribution in [1.29, 1.82) is 0 Å². The minimum atomic E-state index is 1.04. The number of hydrogen-bond donors (Lipinski definition) is 0. The second-order valence-corrected chi connectivity index (χ2v) is 4.45. The van der Waals surface area contributed by atoms with E-state index in [9.17, 15) is 0 Å². The van der Waals surface area contributed by atoms with Gasteiger partial charge in [0.25, 0.3) is 0 Å². The molecule has 0 unspecified atom stereocenters. The Hall–Kier alpha value is -0.0400. The lowest BCUT2D eigenvalue weighted by atomic mass is 9.97. The molecule has 1 heteroatoms. The molecule has 0 amide bonds. The molecule has 0 spiro atoms. The van der Waals surface area contributed by atoms with E-state index in [1.165, 1.54) is 51.5 Å². The molecule has 1 aliphatic rings. The first-order valence-electron chi connectivity index (χ1n) is 6.44. The van der Waals surface area contributed by atoms with Gasteiger partial charge in [0.1, 0.15) is 0 Å². The molecule has 0 saturated heterocycles. The summed E-state index contributed by atoms with van der Waals surface area (Å²) in [7, 11) is 4.35. The molecule has 1 aliphatic carbocycles. The summed E-state index contributed by atoms with van der Waals surface area (Å²) >= 11 is 0. The first-order chi connectivity index (χ1) is 6.79. The molecule has 0 aromatic heterocycles. The SMILES string of the molecule is CC.CN(C)CCC1CCCCCC1. The van der Waals surface area contributed by atoms with E-state index in [1.807, 2.05) is 13.8 Å². The van der Waals surface area contributed by atoms with E-state index in [-0.39, 0.29) is 0 Å². The van der Waals surface area contributed by atoms with Crippen molar-refractivity contribution in [3.05, 3.63) is 0 Å². The first-order valence-corrected chi connectivity index (χ1v) is 6.44. The van der Waals surface area contributed by atoms with E-state index in [1.54, 1.807) is 0 Å². The summed E-state index contributed by atoms with van der Waals surface area (Å²) in [5, 5.41) is 0. The Balaban J connectivity index is 0.000000791. The van der Waals surface area contributed by atoms with Crippen molar-refractivity contribution in [2.24, 2.45) is 5.92 Å². The third-order valence-corrected chi connectivity index (χ3v) is 2.96. The van der Waals surface area contributed by atoms with Gasteiger partial charge in [0.15, 0.2) is 0 Å². The predicted octanol–water partition coefficient (Wildman–Crippen LogP) is 3.93. The van der Waals surface area contributed by atoms with Crippen LogP contribution in [0.1, 0.15) is 58.8 Å². The van der Waals surface area contributed by atoms with E-state index < -0.39 is 0 Å². The van der Waals surface area contributed by atoms with Gasteiger partial charge in [-0.05, 0) is 33.0 Å². The summed E-state index contributed by atoms with van der Waals surface area (Å²) in [6, 6.07) is 0. The van der Waals surface area contributed by atoms with Crippen LogP contribution < -0.4 is 0 Å². The molecule has 0 aromatic carbocycles. The van der Waals surface area contributed by atoms with Gasteiger partial charge in [-0.25, -0.2) is 0 Å². The number of hydrogen-bond acceptors (Lipinski definition) is 1. The highest BCUT2D eigenvalue weighted by Crippen LogP contribution is 2.25. The van der Waals surface area contributed by atoms with E-state index in [2.05, 4.69) is 19.0 Å². The van der Waals surface area contributed by atoms with E-state index >= 15 is 0 Å². The van der Waals surface area contributed by atoms with Crippen LogP contribution in [0.3, 0.4) is 0 Å². The normalized spacial score (nSPS) is 18.6. The maximum absolute atomic E-state index is 2.31. The molecule has 0 atom stereocenters. The van der Waals surface area contributed by atoms with Gasteiger partial charge in [-0.1, -0.05) is 52.4 Å². The van der Waals surface area contributed by atoms with Crippen molar-refractivity contribution in [3.8, 4) is 0 Å². The van der Waals surface area contributed by atoms with Gasteiger partial charge in [-0.15, -0.1) is 0 Å². The second-order valence-electron chi connectivity index (χ2n) is 4.45. The van der Waals surface area contributed by atoms with Crippen molar-refractivity contribution in [3.63, 3.8) is 0 Å². The fraction of sp³-hybridized carbons (Fsp3) is 1.00. The third kappa shape index (κ3) is 7.37. The lowest BCUT2D eigenvalue weighted by Crippen LogP contribution is -2.16. The standard InChI is InChI=1S/C11H23N.C2H6/c1-12(2)10-9-11-7-5-3-4-6-8-11;1-2/h11H,3-10H2,1-2H3;1-2H3. The Bertz CT molecular complexity index is 102. The summed E-state index contributed by atoms with van der Waals surface area (Å²) in [6.07, 6.45) is 10.3. The Kier molecular flexibility index (Phi) is 9.49. The summed E-state index contributed by atoms with van der Waals surface area (Å²) in [5.41, 5.74) is 0. The van der Waals surface area contributed by atoms with Crippen molar-refractivity contribution in [2.45, 2.75) is 58.8 Å². The fourth-order valence-corrected chi connectivity index (χ4v) is 2.09. The minimum absolute atomic E-state index is 1.04. The molecule has 1 nitrogen and oxygen atoms in total. The average molecular weight is 199 g/mol. The van der Waals surface area contributed by atoms with Crippen LogP contribution in [0.25, 0.3) is 0 Å². The highest BCUT2D eigenvalue weighted by Gasteiger charge is 2.11. The molecule has 0 aliphatic heterocycles. The Morgan fingerprint density at radius 3 is 1.86 bits per heavy atom. The van der Waals surface area contributed by atoms with Crippen LogP contribution in [0.15, 0.2) is 0 Å². The Morgan fingerprint density at radius 2 is 1.43 bits per heavy atom. The summed E-state index contributed by atoms with van der Waals surface area (Å²) in [4.78, 5) is 2.31. The Labute approximate surface area is 90.9 Å². The molecule has 86 valence electrons.